The molecule has 2 fully saturated rings. The molecule has 6 heterocycles. The van der Waals surface area contributed by atoms with Gasteiger partial charge in [0.15, 0.2) is 0 Å². The molecule has 0 aliphatic carbocycles. The third kappa shape index (κ3) is 8.33. The number of imidazole rings is 2. The number of benzene rings is 3. The number of likely N-dealkylation sites (tertiary alicyclic amines) is 2. The van der Waals surface area contributed by atoms with Crippen molar-refractivity contribution in [3.63, 3.8) is 0 Å². The standard InChI is InChI=1S/C49H54ClN9O7/c1-26(2)41(55-48(62)64-5)45(60)57-18-8-12-37(57)43-51-24-34(53-43)28-15-17-36-31(20-28)22-39-33-16-14-29(23-40(33)66-47(59(36)39)30-10-7-11-32(50)21-30)35-25-52-44(54-35)38-13-9-19-58(38)46(61)42(27(3)4)56-49(63)65-6/h7,10-11,14-17,20-27,37-38,41-42,47H,8-9,12-13,18-19H2,1-6H3,(H,51,53)(H,52,54)(H,55,62)(H,56,63)/t37-,38-,41-,42-,47?/m0/s1. The van der Waals surface area contributed by atoms with Crippen molar-refractivity contribution in [2.45, 2.75) is 83.8 Å². The molecular formula is C49H54ClN9O7. The van der Waals surface area contributed by atoms with Gasteiger partial charge in [-0.15, -0.1) is 0 Å². The first-order valence-electron chi connectivity index (χ1n) is 22.5. The maximum Gasteiger partial charge on any atom is 0.407 e. The Morgan fingerprint density at radius 2 is 1.30 bits per heavy atom. The predicted molar refractivity (Wildman–Crippen MR) is 248 cm³/mol. The Balaban J connectivity index is 1.01. The van der Waals surface area contributed by atoms with Crippen LogP contribution in [-0.2, 0) is 19.1 Å². The van der Waals surface area contributed by atoms with Crippen LogP contribution in [0.3, 0.4) is 0 Å². The number of aromatic amines is 2. The zero-order valence-corrected chi connectivity index (χ0v) is 38.5. The molecule has 3 aliphatic heterocycles. The number of nitrogens with one attached hydrogen (secondary N) is 4. The maximum absolute atomic E-state index is 13.8. The Bertz CT molecular complexity index is 2810. The first-order valence-corrected chi connectivity index (χ1v) is 22.8. The third-order valence-electron chi connectivity index (χ3n) is 13.0. The van der Waals surface area contributed by atoms with E-state index >= 15 is 0 Å². The SMILES string of the molecule is COC(=O)N[C@H](C(=O)N1CCC[C@H]1c1ncc(-c2ccc3c(c2)OC(c2cccc(Cl)c2)n2c-3cc3cc(-c4cnc([C@@H]5CCCN5C(=O)[C@@H](NC(=O)OC)C(C)C)[nH]4)ccc32)[nH]1)C(C)C. The fraction of sp³-hybridized carbons (Fsp3) is 0.388. The van der Waals surface area contributed by atoms with Crippen LogP contribution in [0, 0.1) is 11.8 Å². The van der Waals surface area contributed by atoms with Gasteiger partial charge >= 0.3 is 12.2 Å². The number of methoxy groups -OCH3 is 2. The number of amides is 4. The number of carbonyl (C=O) groups excluding carboxylic acids is 4. The molecule has 1 unspecified atom stereocenters. The summed E-state index contributed by atoms with van der Waals surface area (Å²) in [7, 11) is 2.57. The molecule has 3 aromatic carbocycles. The summed E-state index contributed by atoms with van der Waals surface area (Å²) in [5.74, 6) is 1.45. The molecule has 9 rings (SSSR count). The average molecular weight is 916 g/mol. The molecular weight excluding hydrogens is 862 g/mol. The normalized spacial score (nSPS) is 18.8. The highest BCUT2D eigenvalue weighted by Gasteiger charge is 2.39. The summed E-state index contributed by atoms with van der Waals surface area (Å²) in [5.41, 5.74) is 7.12. The number of fused-ring (bicyclic) bond motifs is 5. The lowest BCUT2D eigenvalue weighted by molar-refractivity contribution is -0.136. The molecule has 3 aromatic heterocycles. The Morgan fingerprint density at radius 1 is 0.742 bits per heavy atom. The lowest BCUT2D eigenvalue weighted by Gasteiger charge is -2.30. The molecule has 5 atom stereocenters. The van der Waals surface area contributed by atoms with Crippen molar-refractivity contribution >= 4 is 46.5 Å². The summed E-state index contributed by atoms with van der Waals surface area (Å²) in [6.07, 6.45) is 4.88. The number of nitrogens with zero attached hydrogens (tertiary/aromatic N) is 5. The highest BCUT2D eigenvalue weighted by molar-refractivity contribution is 6.30. The number of hydrogen-bond acceptors (Lipinski definition) is 9. The zero-order valence-electron chi connectivity index (χ0n) is 37.8. The Labute approximate surface area is 387 Å². The second-order valence-electron chi connectivity index (χ2n) is 17.9. The molecule has 66 heavy (non-hydrogen) atoms. The van der Waals surface area contributed by atoms with Gasteiger partial charge in [0.25, 0.3) is 0 Å². The minimum atomic E-state index is -0.729. The predicted octanol–water partition coefficient (Wildman–Crippen LogP) is 8.77. The number of hydrogen-bond donors (Lipinski definition) is 4. The van der Waals surface area contributed by atoms with Crippen molar-refractivity contribution < 1.29 is 33.4 Å². The lowest BCUT2D eigenvalue weighted by Crippen LogP contribution is -2.51. The molecule has 6 aromatic rings. The van der Waals surface area contributed by atoms with E-state index in [0.29, 0.717) is 35.5 Å². The molecule has 4 amide bonds. The lowest BCUT2D eigenvalue weighted by atomic mass is 10.0. The summed E-state index contributed by atoms with van der Waals surface area (Å²) in [4.78, 5) is 72.0. The van der Waals surface area contributed by atoms with E-state index in [4.69, 9.17) is 35.8 Å². The van der Waals surface area contributed by atoms with Crippen LogP contribution in [0.4, 0.5) is 9.59 Å². The van der Waals surface area contributed by atoms with Crippen molar-refractivity contribution in [1.29, 1.82) is 0 Å². The van der Waals surface area contributed by atoms with Gasteiger partial charge in [0, 0.05) is 45.8 Å². The summed E-state index contributed by atoms with van der Waals surface area (Å²) in [5, 5.41) is 7.02. The summed E-state index contributed by atoms with van der Waals surface area (Å²) < 4.78 is 18.7. The second kappa shape index (κ2) is 18.2. The summed E-state index contributed by atoms with van der Waals surface area (Å²) in [6.45, 7) is 8.71. The van der Waals surface area contributed by atoms with Gasteiger partial charge in [-0.1, -0.05) is 63.6 Å². The van der Waals surface area contributed by atoms with Crippen molar-refractivity contribution in [3.05, 3.63) is 101 Å². The van der Waals surface area contributed by atoms with Crippen LogP contribution in [0.25, 0.3) is 44.7 Å². The van der Waals surface area contributed by atoms with Crippen LogP contribution in [-0.4, -0.2) is 97.7 Å². The summed E-state index contributed by atoms with van der Waals surface area (Å²) in [6, 6.07) is 20.3. The zero-order chi connectivity index (χ0) is 46.4. The van der Waals surface area contributed by atoms with E-state index in [9.17, 15) is 19.2 Å². The first kappa shape index (κ1) is 44.4. The largest absolute Gasteiger partial charge is 0.465 e. The highest BCUT2D eigenvalue weighted by Crippen LogP contribution is 2.46. The molecule has 0 saturated carbocycles. The van der Waals surface area contributed by atoms with E-state index in [1.165, 1.54) is 14.2 Å². The van der Waals surface area contributed by atoms with Gasteiger partial charge in [-0.3, -0.25) is 9.59 Å². The number of rotatable bonds is 11. The number of H-pyrrole nitrogens is 2. The second-order valence-corrected chi connectivity index (χ2v) is 18.3. The molecule has 17 heteroatoms. The number of aromatic nitrogens is 5. The smallest absolute Gasteiger partial charge is 0.407 e. The van der Waals surface area contributed by atoms with E-state index in [1.807, 2.05) is 70.3 Å². The van der Waals surface area contributed by atoms with Gasteiger partial charge in [-0.2, -0.15) is 0 Å². The fourth-order valence-electron chi connectivity index (χ4n) is 9.60. The van der Waals surface area contributed by atoms with E-state index in [-0.39, 0.29) is 35.7 Å². The van der Waals surface area contributed by atoms with Crippen LogP contribution in [0.1, 0.15) is 88.9 Å². The molecule has 3 aliphatic rings. The molecule has 0 radical (unpaired) electrons. The van der Waals surface area contributed by atoms with Crippen LogP contribution < -0.4 is 15.4 Å². The Hall–Kier alpha value is -6.81. The minimum absolute atomic E-state index is 0.135. The molecule has 0 spiro atoms. The quantitative estimate of drug-likeness (QED) is 0.0985. The van der Waals surface area contributed by atoms with Gasteiger partial charge in [-0.05, 0) is 80.0 Å². The first-order chi connectivity index (χ1) is 31.8. The number of carbonyl (C=O) groups is 4. The van der Waals surface area contributed by atoms with Crippen molar-refractivity contribution in [2.24, 2.45) is 11.8 Å². The van der Waals surface area contributed by atoms with Gasteiger partial charge in [0.05, 0.1) is 61.3 Å². The Morgan fingerprint density at radius 3 is 1.85 bits per heavy atom. The van der Waals surface area contributed by atoms with Gasteiger partial charge in [0.1, 0.15) is 29.5 Å². The molecule has 2 saturated heterocycles. The topological polar surface area (TPSA) is 189 Å². The van der Waals surface area contributed by atoms with E-state index in [0.717, 1.165) is 75.9 Å². The van der Waals surface area contributed by atoms with Crippen LogP contribution in [0.5, 0.6) is 5.75 Å². The monoisotopic (exact) mass is 915 g/mol. The summed E-state index contributed by atoms with van der Waals surface area (Å²) >= 11 is 6.58. The molecule has 0 bridgehead atoms. The maximum atomic E-state index is 13.8. The van der Waals surface area contributed by atoms with E-state index in [1.54, 1.807) is 16.0 Å². The van der Waals surface area contributed by atoms with Crippen molar-refractivity contribution in [3.8, 4) is 39.5 Å². The molecule has 16 nitrogen and oxygen atoms in total. The van der Waals surface area contributed by atoms with E-state index < -0.39 is 30.5 Å². The van der Waals surface area contributed by atoms with Crippen LogP contribution in [0.2, 0.25) is 5.02 Å². The van der Waals surface area contributed by atoms with Gasteiger partial charge < -0.3 is 49.2 Å². The molecule has 344 valence electrons. The number of alkyl carbamates (subject to hydrolysis) is 2. The minimum Gasteiger partial charge on any atom is -0.465 e. The van der Waals surface area contributed by atoms with Crippen molar-refractivity contribution in [1.82, 2.24) is 44.9 Å². The highest BCUT2D eigenvalue weighted by atomic mass is 35.5. The van der Waals surface area contributed by atoms with Gasteiger partial charge in [-0.25, -0.2) is 19.6 Å². The van der Waals surface area contributed by atoms with E-state index in [2.05, 4.69) is 55.5 Å². The fourth-order valence-corrected chi connectivity index (χ4v) is 9.80. The van der Waals surface area contributed by atoms with Gasteiger partial charge in [0.2, 0.25) is 18.0 Å². The number of halogens is 1. The van der Waals surface area contributed by atoms with Crippen LogP contribution in [0.15, 0.2) is 79.1 Å². The van der Waals surface area contributed by atoms with Crippen molar-refractivity contribution in [2.75, 3.05) is 27.3 Å². The molecule has 4 N–H and O–H groups in total. The Kier molecular flexibility index (Phi) is 12.3. The average Bonchev–Trinajstić information content (AvgIpc) is 4.17. The number of ether oxygens (including phenoxy) is 3. The van der Waals surface area contributed by atoms with Crippen LogP contribution >= 0.6 is 11.6 Å². The third-order valence-corrected chi connectivity index (χ3v) is 13.2.